The van der Waals surface area contributed by atoms with Gasteiger partial charge in [0.2, 0.25) is 0 Å². The van der Waals surface area contributed by atoms with Crippen LogP contribution in [0.15, 0.2) is 12.2 Å². The summed E-state index contributed by atoms with van der Waals surface area (Å²) in [5.74, 6) is 0.915. The molecule has 0 amide bonds. The van der Waals surface area contributed by atoms with Gasteiger partial charge >= 0.3 is 0 Å². The fraction of sp³-hybridized carbons (Fsp3) is 0.833. The molecule has 0 bridgehead atoms. The van der Waals surface area contributed by atoms with Crippen LogP contribution in [-0.4, -0.2) is 22.2 Å². The third-order valence-corrected chi connectivity index (χ3v) is 4.25. The van der Waals surface area contributed by atoms with Gasteiger partial charge in [-0.25, -0.2) is 0 Å². The Morgan fingerprint density at radius 2 is 2.14 bits per heavy atom. The fourth-order valence-electron chi connectivity index (χ4n) is 1.80. The zero-order chi connectivity index (χ0) is 10.4. The second-order valence-electron chi connectivity index (χ2n) is 4.39. The molecule has 1 rings (SSSR count). The largest absolute Gasteiger partial charge is 0.392 e. The van der Waals surface area contributed by atoms with Crippen LogP contribution in [0, 0.1) is 0 Å². The van der Waals surface area contributed by atoms with Gasteiger partial charge in [-0.15, -0.1) is 6.58 Å². The van der Waals surface area contributed by atoms with Crippen molar-refractivity contribution in [2.45, 2.75) is 56.8 Å². The lowest BCUT2D eigenvalue weighted by Crippen LogP contribution is -2.12. The van der Waals surface area contributed by atoms with Gasteiger partial charge in [0.15, 0.2) is 0 Å². The molecule has 1 aliphatic carbocycles. The molecule has 1 saturated carbocycles. The highest BCUT2D eigenvalue weighted by Gasteiger charge is 2.16. The second kappa shape index (κ2) is 6.52. The van der Waals surface area contributed by atoms with E-state index in [-0.39, 0.29) is 6.10 Å². The van der Waals surface area contributed by atoms with Crippen molar-refractivity contribution in [1.82, 2.24) is 0 Å². The molecule has 82 valence electrons. The van der Waals surface area contributed by atoms with Crippen LogP contribution in [0.3, 0.4) is 0 Å². The normalized spacial score (nSPS) is 19.9. The number of rotatable bonds is 6. The van der Waals surface area contributed by atoms with E-state index in [1.54, 1.807) is 0 Å². The lowest BCUT2D eigenvalue weighted by Gasteiger charge is -2.13. The van der Waals surface area contributed by atoms with Crippen molar-refractivity contribution in [3.05, 3.63) is 12.2 Å². The van der Waals surface area contributed by atoms with E-state index in [0.29, 0.717) is 0 Å². The van der Waals surface area contributed by atoms with Gasteiger partial charge in [-0.3, -0.25) is 0 Å². The predicted octanol–water partition coefficient (Wildman–Crippen LogP) is 3.38. The standard InChI is InChI=1S/C12H22OS/c1-10(2)7-8-11(13)9-14-12-5-3-4-6-12/h11-13H,1,3-9H2,2H3. The van der Waals surface area contributed by atoms with Crippen LogP contribution in [0.1, 0.15) is 45.4 Å². The van der Waals surface area contributed by atoms with Crippen LogP contribution < -0.4 is 0 Å². The number of hydrogen-bond acceptors (Lipinski definition) is 2. The van der Waals surface area contributed by atoms with Gasteiger partial charge in [-0.1, -0.05) is 18.4 Å². The highest BCUT2D eigenvalue weighted by atomic mass is 32.2. The van der Waals surface area contributed by atoms with E-state index < -0.39 is 0 Å². The molecule has 0 aromatic heterocycles. The Morgan fingerprint density at radius 3 is 2.71 bits per heavy atom. The third kappa shape index (κ3) is 5.06. The van der Waals surface area contributed by atoms with Crippen molar-refractivity contribution in [2.75, 3.05) is 5.75 Å². The summed E-state index contributed by atoms with van der Waals surface area (Å²) in [6.45, 7) is 5.87. The van der Waals surface area contributed by atoms with Gasteiger partial charge in [0.25, 0.3) is 0 Å². The fourth-order valence-corrected chi connectivity index (χ4v) is 3.13. The number of aliphatic hydroxyl groups excluding tert-OH is 1. The Morgan fingerprint density at radius 1 is 1.50 bits per heavy atom. The summed E-state index contributed by atoms with van der Waals surface area (Å²) >= 11 is 1.96. The van der Waals surface area contributed by atoms with E-state index in [1.807, 2.05) is 18.7 Å². The summed E-state index contributed by atoms with van der Waals surface area (Å²) in [6.07, 6.45) is 7.22. The first-order chi connectivity index (χ1) is 6.68. The summed E-state index contributed by atoms with van der Waals surface area (Å²) in [5.41, 5.74) is 1.18. The number of allylic oxidation sites excluding steroid dienone is 1. The summed E-state index contributed by atoms with van der Waals surface area (Å²) in [7, 11) is 0. The minimum Gasteiger partial charge on any atom is -0.392 e. The zero-order valence-electron chi connectivity index (χ0n) is 9.17. The molecule has 1 fully saturated rings. The highest BCUT2D eigenvalue weighted by molar-refractivity contribution is 7.99. The molecule has 0 heterocycles. The Kier molecular flexibility index (Phi) is 5.64. The van der Waals surface area contributed by atoms with Crippen molar-refractivity contribution >= 4 is 11.8 Å². The van der Waals surface area contributed by atoms with E-state index >= 15 is 0 Å². The minimum absolute atomic E-state index is 0.127. The SMILES string of the molecule is C=C(C)CCC(O)CSC1CCCC1. The van der Waals surface area contributed by atoms with Crippen LogP contribution in [-0.2, 0) is 0 Å². The first kappa shape index (κ1) is 12.1. The molecule has 1 nitrogen and oxygen atoms in total. The van der Waals surface area contributed by atoms with E-state index in [9.17, 15) is 5.11 Å². The zero-order valence-corrected chi connectivity index (χ0v) is 9.98. The van der Waals surface area contributed by atoms with Crippen molar-refractivity contribution in [3.63, 3.8) is 0 Å². The topological polar surface area (TPSA) is 20.2 Å². The minimum atomic E-state index is -0.127. The smallest absolute Gasteiger partial charge is 0.0633 e. The van der Waals surface area contributed by atoms with Crippen molar-refractivity contribution < 1.29 is 5.11 Å². The Hall–Kier alpha value is 0.0500. The molecule has 0 aromatic rings. The number of thioether (sulfide) groups is 1. The van der Waals surface area contributed by atoms with Gasteiger partial charge in [0.1, 0.15) is 0 Å². The van der Waals surface area contributed by atoms with Gasteiger partial charge in [-0.2, -0.15) is 11.8 Å². The average molecular weight is 214 g/mol. The summed E-state index contributed by atoms with van der Waals surface area (Å²) in [5, 5.41) is 10.5. The molecule has 1 unspecified atom stereocenters. The van der Waals surface area contributed by atoms with E-state index in [1.165, 1.54) is 31.3 Å². The molecule has 0 saturated heterocycles. The maximum absolute atomic E-state index is 9.70. The quantitative estimate of drug-likeness (QED) is 0.684. The van der Waals surface area contributed by atoms with Crippen LogP contribution in [0.5, 0.6) is 0 Å². The first-order valence-electron chi connectivity index (χ1n) is 5.62. The third-order valence-electron chi connectivity index (χ3n) is 2.73. The molecule has 2 heteroatoms. The number of hydrogen-bond donors (Lipinski definition) is 1. The highest BCUT2D eigenvalue weighted by Crippen LogP contribution is 2.30. The average Bonchev–Trinajstić information content (AvgIpc) is 2.63. The van der Waals surface area contributed by atoms with E-state index in [2.05, 4.69) is 6.58 Å². The number of aliphatic hydroxyl groups is 1. The molecule has 1 atom stereocenters. The molecular weight excluding hydrogens is 192 g/mol. The van der Waals surface area contributed by atoms with Crippen LogP contribution in [0.2, 0.25) is 0 Å². The maximum Gasteiger partial charge on any atom is 0.0633 e. The van der Waals surface area contributed by atoms with Gasteiger partial charge in [0, 0.05) is 11.0 Å². The molecule has 1 aliphatic rings. The summed E-state index contributed by atoms with van der Waals surface area (Å²) < 4.78 is 0. The molecule has 0 aromatic carbocycles. The lowest BCUT2D eigenvalue weighted by molar-refractivity contribution is 0.189. The van der Waals surface area contributed by atoms with Crippen LogP contribution in [0.25, 0.3) is 0 Å². The van der Waals surface area contributed by atoms with Gasteiger partial charge < -0.3 is 5.11 Å². The Labute approximate surface area is 92.0 Å². The monoisotopic (exact) mass is 214 g/mol. The van der Waals surface area contributed by atoms with Crippen molar-refractivity contribution in [3.8, 4) is 0 Å². The predicted molar refractivity (Wildman–Crippen MR) is 64.8 cm³/mol. The molecule has 0 aliphatic heterocycles. The molecule has 1 N–H and O–H groups in total. The Bertz CT molecular complexity index is 173. The van der Waals surface area contributed by atoms with Crippen LogP contribution in [0.4, 0.5) is 0 Å². The van der Waals surface area contributed by atoms with Crippen molar-refractivity contribution in [1.29, 1.82) is 0 Å². The van der Waals surface area contributed by atoms with Gasteiger partial charge in [-0.05, 0) is 32.6 Å². The summed E-state index contributed by atoms with van der Waals surface area (Å²) in [4.78, 5) is 0. The molecule has 0 radical (unpaired) electrons. The summed E-state index contributed by atoms with van der Waals surface area (Å²) in [6, 6.07) is 0. The molecule has 0 spiro atoms. The maximum atomic E-state index is 9.70. The Balaban J connectivity index is 2.02. The lowest BCUT2D eigenvalue weighted by atomic mass is 10.1. The van der Waals surface area contributed by atoms with Gasteiger partial charge in [0.05, 0.1) is 6.10 Å². The van der Waals surface area contributed by atoms with E-state index in [4.69, 9.17) is 0 Å². The van der Waals surface area contributed by atoms with Crippen molar-refractivity contribution in [2.24, 2.45) is 0 Å². The molecule has 14 heavy (non-hydrogen) atoms. The molecular formula is C12H22OS. The van der Waals surface area contributed by atoms with E-state index in [0.717, 1.165) is 23.8 Å². The second-order valence-corrected chi connectivity index (χ2v) is 5.72. The van der Waals surface area contributed by atoms with Crippen LogP contribution >= 0.6 is 11.8 Å². The first-order valence-corrected chi connectivity index (χ1v) is 6.67.